The fourth-order valence-corrected chi connectivity index (χ4v) is 3.66. The first kappa shape index (κ1) is 26.5. The second-order valence-electron chi connectivity index (χ2n) is 8.71. The van der Waals surface area contributed by atoms with Crippen molar-refractivity contribution in [3.8, 4) is 0 Å². The lowest BCUT2D eigenvalue weighted by atomic mass is 9.88. The van der Waals surface area contributed by atoms with Gasteiger partial charge in [0.2, 0.25) is 5.91 Å². The van der Waals surface area contributed by atoms with Crippen LogP contribution < -0.4 is 10.6 Å². The minimum absolute atomic E-state index is 0.245. The molecule has 0 saturated heterocycles. The van der Waals surface area contributed by atoms with Crippen LogP contribution in [0.25, 0.3) is 0 Å². The molecule has 3 N–H and O–H groups in total. The maximum absolute atomic E-state index is 13.0. The van der Waals surface area contributed by atoms with Crippen LogP contribution in [0.15, 0.2) is 30.3 Å². The van der Waals surface area contributed by atoms with Gasteiger partial charge in [-0.15, -0.1) is 0 Å². The first-order chi connectivity index (χ1) is 14.3. The predicted octanol–water partition coefficient (Wildman–Crippen LogP) is 4.18. The number of rotatable bonds is 15. The number of aliphatic carboxylic acids is 1. The van der Waals surface area contributed by atoms with Gasteiger partial charge in [-0.3, -0.25) is 4.79 Å². The van der Waals surface area contributed by atoms with Crippen molar-refractivity contribution in [1.29, 1.82) is 0 Å². The first-order valence-corrected chi connectivity index (χ1v) is 11.8. The average Bonchev–Trinajstić information content (AvgIpc) is 2.72. The van der Waals surface area contributed by atoms with E-state index in [9.17, 15) is 14.7 Å². The van der Waals surface area contributed by atoms with Crippen molar-refractivity contribution in [2.75, 3.05) is 12.3 Å². The quantitative estimate of drug-likeness (QED) is 0.311. The molecule has 0 aliphatic carbocycles. The van der Waals surface area contributed by atoms with Crippen molar-refractivity contribution in [3.05, 3.63) is 35.9 Å². The summed E-state index contributed by atoms with van der Waals surface area (Å²) in [5.41, 5.74) is 1.05. The number of carbonyl (C=O) groups is 2. The van der Waals surface area contributed by atoms with Gasteiger partial charge in [0.15, 0.2) is 0 Å². The molecule has 1 amide bonds. The van der Waals surface area contributed by atoms with E-state index in [1.807, 2.05) is 37.3 Å². The van der Waals surface area contributed by atoms with Gasteiger partial charge in [-0.2, -0.15) is 12.6 Å². The Hall–Kier alpha value is -1.53. The Morgan fingerprint density at radius 1 is 1.03 bits per heavy atom. The summed E-state index contributed by atoms with van der Waals surface area (Å²) in [6, 6.07) is 8.54. The highest BCUT2D eigenvalue weighted by Gasteiger charge is 2.26. The molecule has 0 heterocycles. The topological polar surface area (TPSA) is 78.4 Å². The first-order valence-electron chi connectivity index (χ1n) is 11.2. The SMILES string of the molecule is CCCC(NC(=O)C(Cc1ccccc1)NCC(CCC(C)CS)C(C)C)C(=O)O. The number of benzene rings is 1. The average molecular weight is 437 g/mol. The molecule has 6 heteroatoms. The summed E-state index contributed by atoms with van der Waals surface area (Å²) in [6.07, 6.45) is 3.85. The van der Waals surface area contributed by atoms with Gasteiger partial charge < -0.3 is 15.7 Å². The normalized spacial score (nSPS) is 15.4. The number of thiol groups is 1. The van der Waals surface area contributed by atoms with Crippen LogP contribution in [-0.2, 0) is 16.0 Å². The third-order valence-corrected chi connectivity index (χ3v) is 6.33. The van der Waals surface area contributed by atoms with Gasteiger partial charge in [0.25, 0.3) is 0 Å². The molecule has 4 unspecified atom stereocenters. The fraction of sp³-hybridized carbons (Fsp3) is 0.667. The lowest BCUT2D eigenvalue weighted by Crippen LogP contribution is -2.52. The summed E-state index contributed by atoms with van der Waals surface area (Å²) in [4.78, 5) is 24.5. The zero-order valence-electron chi connectivity index (χ0n) is 18.9. The maximum atomic E-state index is 13.0. The molecule has 0 fully saturated rings. The summed E-state index contributed by atoms with van der Waals surface area (Å²) in [5.74, 6) is 1.17. The van der Waals surface area contributed by atoms with E-state index in [0.717, 1.165) is 30.7 Å². The predicted molar refractivity (Wildman–Crippen MR) is 127 cm³/mol. The molecule has 0 spiro atoms. The van der Waals surface area contributed by atoms with Crippen molar-refractivity contribution in [2.45, 2.75) is 71.9 Å². The minimum atomic E-state index is -0.982. The zero-order valence-corrected chi connectivity index (χ0v) is 19.8. The molecule has 0 aliphatic rings. The Morgan fingerprint density at radius 3 is 2.23 bits per heavy atom. The van der Waals surface area contributed by atoms with E-state index in [1.54, 1.807) is 0 Å². The Bertz CT molecular complexity index is 624. The highest BCUT2D eigenvalue weighted by atomic mass is 32.1. The molecule has 0 bridgehead atoms. The molecule has 0 saturated carbocycles. The number of hydrogen-bond donors (Lipinski definition) is 4. The third kappa shape index (κ3) is 9.98. The number of carboxylic acids is 1. The summed E-state index contributed by atoms with van der Waals surface area (Å²) in [5, 5.41) is 15.6. The maximum Gasteiger partial charge on any atom is 0.326 e. The van der Waals surface area contributed by atoms with Gasteiger partial charge in [0.05, 0.1) is 6.04 Å². The van der Waals surface area contributed by atoms with Crippen LogP contribution in [0.1, 0.15) is 58.9 Å². The Labute approximate surface area is 187 Å². The monoisotopic (exact) mass is 436 g/mol. The molecular weight excluding hydrogens is 396 g/mol. The Kier molecular flexibility index (Phi) is 12.8. The summed E-state index contributed by atoms with van der Waals surface area (Å²) >= 11 is 4.39. The van der Waals surface area contributed by atoms with Gasteiger partial charge in [-0.05, 0) is 61.3 Å². The Morgan fingerprint density at radius 2 is 1.70 bits per heavy atom. The van der Waals surface area contributed by atoms with E-state index in [-0.39, 0.29) is 5.91 Å². The fourth-order valence-electron chi connectivity index (χ4n) is 3.48. The smallest absolute Gasteiger partial charge is 0.326 e. The number of nitrogens with one attached hydrogen (secondary N) is 2. The molecule has 0 radical (unpaired) electrons. The Balaban J connectivity index is 2.85. The van der Waals surface area contributed by atoms with Crippen LogP contribution in [0.3, 0.4) is 0 Å². The van der Waals surface area contributed by atoms with Crippen molar-refractivity contribution < 1.29 is 14.7 Å². The number of carboxylic acid groups (broad SMARTS) is 1. The molecular formula is C24H40N2O3S. The highest BCUT2D eigenvalue weighted by molar-refractivity contribution is 7.80. The van der Waals surface area contributed by atoms with Crippen LogP contribution in [-0.4, -0.2) is 41.4 Å². The van der Waals surface area contributed by atoms with E-state index in [0.29, 0.717) is 37.0 Å². The lowest BCUT2D eigenvalue weighted by molar-refractivity contribution is -0.142. The molecule has 1 aromatic rings. The molecule has 0 aromatic heterocycles. The lowest BCUT2D eigenvalue weighted by Gasteiger charge is -2.27. The van der Waals surface area contributed by atoms with Crippen LogP contribution in [0, 0.1) is 17.8 Å². The number of amides is 1. The largest absolute Gasteiger partial charge is 0.480 e. The van der Waals surface area contributed by atoms with Crippen molar-refractivity contribution >= 4 is 24.5 Å². The number of carbonyl (C=O) groups excluding carboxylic acids is 1. The summed E-state index contributed by atoms with van der Waals surface area (Å²) < 4.78 is 0. The van der Waals surface area contributed by atoms with Gasteiger partial charge in [0.1, 0.15) is 6.04 Å². The van der Waals surface area contributed by atoms with Crippen LogP contribution in [0.2, 0.25) is 0 Å². The summed E-state index contributed by atoms with van der Waals surface area (Å²) in [7, 11) is 0. The van der Waals surface area contributed by atoms with Crippen LogP contribution in [0.5, 0.6) is 0 Å². The molecule has 0 aliphatic heterocycles. The van der Waals surface area contributed by atoms with Gasteiger partial charge in [-0.25, -0.2) is 4.79 Å². The second-order valence-corrected chi connectivity index (χ2v) is 9.07. The van der Waals surface area contributed by atoms with E-state index in [2.05, 4.69) is 44.0 Å². The van der Waals surface area contributed by atoms with Gasteiger partial charge >= 0.3 is 5.97 Å². The molecule has 30 heavy (non-hydrogen) atoms. The third-order valence-electron chi connectivity index (χ3n) is 5.70. The summed E-state index contributed by atoms with van der Waals surface area (Å²) in [6.45, 7) is 9.29. The molecule has 1 rings (SSSR count). The molecule has 1 aromatic carbocycles. The number of hydrogen-bond acceptors (Lipinski definition) is 4. The zero-order chi connectivity index (χ0) is 22.5. The van der Waals surface area contributed by atoms with E-state index in [1.165, 1.54) is 0 Å². The second kappa shape index (κ2) is 14.5. The van der Waals surface area contributed by atoms with Crippen molar-refractivity contribution in [1.82, 2.24) is 10.6 Å². The van der Waals surface area contributed by atoms with Crippen molar-refractivity contribution in [2.24, 2.45) is 17.8 Å². The highest BCUT2D eigenvalue weighted by Crippen LogP contribution is 2.20. The van der Waals surface area contributed by atoms with Crippen LogP contribution in [0.4, 0.5) is 0 Å². The van der Waals surface area contributed by atoms with Crippen molar-refractivity contribution in [3.63, 3.8) is 0 Å². The molecule has 170 valence electrons. The molecule has 5 nitrogen and oxygen atoms in total. The van der Waals surface area contributed by atoms with Gasteiger partial charge in [-0.1, -0.05) is 64.4 Å². The van der Waals surface area contributed by atoms with Crippen LogP contribution >= 0.6 is 12.6 Å². The molecule has 4 atom stereocenters. The van der Waals surface area contributed by atoms with E-state index in [4.69, 9.17) is 0 Å². The van der Waals surface area contributed by atoms with E-state index < -0.39 is 18.1 Å². The standard InChI is InChI=1S/C24H40N2O3S/c1-5-9-21(24(28)29)26-23(27)22(14-19-10-7-6-8-11-19)25-15-20(17(2)3)13-12-18(4)16-30/h6-8,10-11,17-18,20-22,25,30H,5,9,12-16H2,1-4H3,(H,26,27)(H,28,29). The van der Waals surface area contributed by atoms with E-state index >= 15 is 0 Å². The van der Waals surface area contributed by atoms with Gasteiger partial charge in [0, 0.05) is 0 Å². The minimum Gasteiger partial charge on any atom is -0.480 e.